The van der Waals surface area contributed by atoms with Crippen LogP contribution in [-0.4, -0.2) is 17.9 Å². The van der Waals surface area contributed by atoms with E-state index in [4.69, 9.17) is 5.90 Å². The van der Waals surface area contributed by atoms with Crippen LogP contribution in [-0.2, 0) is 22.5 Å². The maximum Gasteiger partial charge on any atom is 0.125 e. The van der Waals surface area contributed by atoms with Crippen molar-refractivity contribution in [1.29, 1.82) is 0 Å². The lowest BCUT2D eigenvalue weighted by atomic mass is 10.2. The van der Waals surface area contributed by atoms with Crippen LogP contribution in [0.1, 0.15) is 17.8 Å². The minimum Gasteiger partial charge on any atom is -0.305 e. The molecule has 1 heterocycles. The molecule has 0 saturated heterocycles. The van der Waals surface area contributed by atoms with Gasteiger partial charge in [-0.05, 0) is 25.0 Å². The molecule has 0 aliphatic carbocycles. The molecular weight excluding hydrogens is 180 g/mol. The zero-order chi connectivity index (χ0) is 10.2. The van der Waals surface area contributed by atoms with Gasteiger partial charge in [0.2, 0.25) is 0 Å². The Labute approximate surface area is 83.0 Å². The first kappa shape index (κ1) is 10.8. The van der Waals surface area contributed by atoms with Gasteiger partial charge in [0.25, 0.3) is 0 Å². The van der Waals surface area contributed by atoms with Gasteiger partial charge in [0.15, 0.2) is 0 Å². The number of carbonyl (C=O) groups excluding carboxylic acids is 1. The number of carbonyl (C=O) groups is 1. The Balaban J connectivity index is 2.50. The topological polar surface area (TPSA) is 65.2 Å². The minimum absolute atomic E-state index is 0.376. The minimum atomic E-state index is 0.376. The Morgan fingerprint density at radius 1 is 1.43 bits per heavy atom. The number of hydrogen-bond acceptors (Lipinski definition) is 4. The lowest BCUT2D eigenvalue weighted by Crippen LogP contribution is -2.03. The first-order valence-corrected chi connectivity index (χ1v) is 4.57. The fourth-order valence-corrected chi connectivity index (χ4v) is 1.20. The van der Waals surface area contributed by atoms with E-state index in [-0.39, 0.29) is 0 Å². The highest BCUT2D eigenvalue weighted by Crippen LogP contribution is 2.02. The summed E-state index contributed by atoms with van der Waals surface area (Å²) in [4.78, 5) is 19.0. The van der Waals surface area contributed by atoms with E-state index in [0.29, 0.717) is 13.0 Å². The summed E-state index contributed by atoms with van der Waals surface area (Å²) in [5.74, 6) is 4.90. The van der Waals surface area contributed by atoms with E-state index in [1.54, 1.807) is 0 Å². The van der Waals surface area contributed by atoms with Crippen LogP contribution in [0.2, 0.25) is 0 Å². The molecule has 0 aromatic carbocycles. The fourth-order valence-electron chi connectivity index (χ4n) is 1.20. The molecule has 2 N–H and O–H groups in total. The average Bonchev–Trinajstić information content (AvgIpc) is 2.19. The van der Waals surface area contributed by atoms with Gasteiger partial charge in [0, 0.05) is 17.8 Å². The van der Waals surface area contributed by atoms with Crippen LogP contribution in [0.3, 0.4) is 0 Å². The number of aromatic nitrogens is 1. The van der Waals surface area contributed by atoms with E-state index in [2.05, 4.69) is 9.82 Å². The molecule has 14 heavy (non-hydrogen) atoms. The van der Waals surface area contributed by atoms with Crippen LogP contribution in [0.15, 0.2) is 18.2 Å². The quantitative estimate of drug-likeness (QED) is 0.410. The fraction of sp³-hybridized carbons (Fsp3) is 0.400. The van der Waals surface area contributed by atoms with E-state index >= 15 is 0 Å². The number of aryl methyl sites for hydroxylation is 1. The molecule has 1 rings (SSSR count). The second kappa shape index (κ2) is 6.23. The Morgan fingerprint density at radius 2 is 2.21 bits per heavy atom. The van der Waals surface area contributed by atoms with Crippen molar-refractivity contribution in [3.05, 3.63) is 29.6 Å². The Bertz CT molecular complexity index is 289. The molecule has 4 nitrogen and oxygen atoms in total. The number of nitrogens with zero attached hydrogens (tertiary/aromatic N) is 1. The van der Waals surface area contributed by atoms with Crippen molar-refractivity contribution >= 4 is 6.29 Å². The van der Waals surface area contributed by atoms with Crippen molar-refractivity contribution in [2.75, 3.05) is 6.61 Å². The van der Waals surface area contributed by atoms with Crippen LogP contribution in [0, 0.1) is 0 Å². The molecule has 0 amide bonds. The maximum absolute atomic E-state index is 10.3. The SMILES string of the molecule is NOCCCc1cccc(CC=O)n1. The molecular formula is C10H14N2O2. The summed E-state index contributed by atoms with van der Waals surface area (Å²) >= 11 is 0. The predicted molar refractivity (Wildman–Crippen MR) is 52.5 cm³/mol. The maximum atomic E-state index is 10.3. The Morgan fingerprint density at radius 3 is 2.93 bits per heavy atom. The highest BCUT2D eigenvalue weighted by Gasteiger charge is 1.97. The van der Waals surface area contributed by atoms with Crippen LogP contribution in [0.5, 0.6) is 0 Å². The molecule has 0 spiro atoms. The molecule has 0 fully saturated rings. The molecule has 0 aliphatic rings. The van der Waals surface area contributed by atoms with E-state index in [9.17, 15) is 4.79 Å². The van der Waals surface area contributed by atoms with Crippen molar-refractivity contribution < 1.29 is 9.63 Å². The van der Waals surface area contributed by atoms with Crippen LogP contribution in [0.25, 0.3) is 0 Å². The van der Waals surface area contributed by atoms with Crippen molar-refractivity contribution in [3.8, 4) is 0 Å². The summed E-state index contributed by atoms with van der Waals surface area (Å²) in [6.45, 7) is 0.527. The monoisotopic (exact) mass is 194 g/mol. The molecule has 1 aromatic rings. The largest absolute Gasteiger partial charge is 0.305 e. The zero-order valence-corrected chi connectivity index (χ0v) is 7.98. The third-order valence-electron chi connectivity index (χ3n) is 1.85. The molecule has 0 aliphatic heterocycles. The molecule has 0 atom stereocenters. The summed E-state index contributed by atoms with van der Waals surface area (Å²) in [6.07, 6.45) is 2.90. The van der Waals surface area contributed by atoms with Gasteiger partial charge in [-0.25, -0.2) is 5.90 Å². The number of nitrogens with two attached hydrogens (primary N) is 1. The van der Waals surface area contributed by atoms with E-state index in [1.165, 1.54) is 0 Å². The second-order valence-electron chi connectivity index (χ2n) is 2.97. The van der Waals surface area contributed by atoms with Gasteiger partial charge in [0.05, 0.1) is 6.61 Å². The van der Waals surface area contributed by atoms with Gasteiger partial charge in [0.1, 0.15) is 6.29 Å². The lowest BCUT2D eigenvalue weighted by Gasteiger charge is -2.01. The third-order valence-corrected chi connectivity index (χ3v) is 1.85. The van der Waals surface area contributed by atoms with Gasteiger partial charge in [-0.2, -0.15) is 0 Å². The van der Waals surface area contributed by atoms with E-state index in [1.807, 2.05) is 18.2 Å². The van der Waals surface area contributed by atoms with Crippen molar-refractivity contribution in [2.24, 2.45) is 5.90 Å². The standard InChI is InChI=1S/C10H14N2O2/c11-14-8-2-5-9-3-1-4-10(12-9)6-7-13/h1,3-4,7H,2,5-6,8,11H2. The average molecular weight is 194 g/mol. The molecule has 4 heteroatoms. The summed E-state index contributed by atoms with van der Waals surface area (Å²) in [7, 11) is 0. The smallest absolute Gasteiger partial charge is 0.125 e. The van der Waals surface area contributed by atoms with Crippen molar-refractivity contribution in [1.82, 2.24) is 4.98 Å². The van der Waals surface area contributed by atoms with Crippen LogP contribution >= 0.6 is 0 Å². The molecule has 1 aromatic heterocycles. The second-order valence-corrected chi connectivity index (χ2v) is 2.97. The van der Waals surface area contributed by atoms with Gasteiger partial charge in [-0.15, -0.1) is 0 Å². The summed E-state index contributed by atoms with van der Waals surface area (Å²) in [6, 6.07) is 5.69. The highest BCUT2D eigenvalue weighted by molar-refractivity contribution is 5.53. The van der Waals surface area contributed by atoms with Crippen LogP contribution < -0.4 is 5.90 Å². The van der Waals surface area contributed by atoms with Crippen molar-refractivity contribution in [3.63, 3.8) is 0 Å². The molecule has 0 unspecified atom stereocenters. The van der Waals surface area contributed by atoms with Crippen LogP contribution in [0.4, 0.5) is 0 Å². The number of hydrogen-bond donors (Lipinski definition) is 1. The number of rotatable bonds is 6. The zero-order valence-electron chi connectivity index (χ0n) is 7.98. The summed E-state index contributed by atoms with van der Waals surface area (Å²) in [5.41, 5.74) is 1.78. The highest BCUT2D eigenvalue weighted by atomic mass is 16.6. The Hall–Kier alpha value is -1.26. The summed E-state index contributed by atoms with van der Waals surface area (Å²) < 4.78 is 0. The number of aldehydes is 1. The summed E-state index contributed by atoms with van der Waals surface area (Å²) in [5, 5.41) is 0. The van der Waals surface area contributed by atoms with E-state index in [0.717, 1.165) is 30.5 Å². The van der Waals surface area contributed by atoms with Crippen molar-refractivity contribution in [2.45, 2.75) is 19.3 Å². The first-order valence-electron chi connectivity index (χ1n) is 4.57. The molecule has 0 saturated carbocycles. The van der Waals surface area contributed by atoms with Gasteiger partial charge in [-0.3, -0.25) is 4.98 Å². The van der Waals surface area contributed by atoms with Gasteiger partial charge < -0.3 is 9.63 Å². The van der Waals surface area contributed by atoms with Gasteiger partial charge in [-0.1, -0.05) is 6.07 Å². The molecule has 0 radical (unpaired) electrons. The van der Waals surface area contributed by atoms with Gasteiger partial charge >= 0.3 is 0 Å². The normalized spacial score (nSPS) is 10.1. The lowest BCUT2D eigenvalue weighted by molar-refractivity contribution is -0.107. The molecule has 0 bridgehead atoms. The number of pyridine rings is 1. The van der Waals surface area contributed by atoms with E-state index < -0.39 is 0 Å². The predicted octanol–water partition coefficient (Wildman–Crippen LogP) is 0.646. The molecule has 76 valence electrons. The first-order chi connectivity index (χ1) is 6.86. The third kappa shape index (κ3) is 3.64. The Kier molecular flexibility index (Phi) is 4.82.